The topological polar surface area (TPSA) is 12.0 Å². The summed E-state index contributed by atoms with van der Waals surface area (Å²) in [6, 6.07) is 12.3. The minimum absolute atomic E-state index is 0.176. The van der Waals surface area contributed by atoms with Crippen LogP contribution in [0, 0.1) is 18.6 Å². The van der Waals surface area contributed by atoms with E-state index in [1.807, 2.05) is 18.2 Å². The Hall–Kier alpha value is -1.90. The van der Waals surface area contributed by atoms with E-state index in [1.54, 1.807) is 19.1 Å². The molecule has 0 radical (unpaired) electrons. The Bertz CT molecular complexity index is 601. The van der Waals surface area contributed by atoms with Gasteiger partial charge in [0, 0.05) is 11.7 Å². The number of hydrogen-bond acceptors (Lipinski definition) is 1. The lowest BCUT2D eigenvalue weighted by molar-refractivity contribution is 0.373. The van der Waals surface area contributed by atoms with Crippen molar-refractivity contribution >= 4 is 5.69 Å². The molecular formula is C17H17F2N. The molecule has 0 bridgehead atoms. The molecule has 1 aliphatic carbocycles. The summed E-state index contributed by atoms with van der Waals surface area (Å²) in [6.45, 7) is 1.76. The third-order valence-electron chi connectivity index (χ3n) is 4.02. The Morgan fingerprint density at radius 3 is 2.35 bits per heavy atom. The zero-order chi connectivity index (χ0) is 14.1. The van der Waals surface area contributed by atoms with Crippen molar-refractivity contribution in [3.05, 3.63) is 65.2 Å². The van der Waals surface area contributed by atoms with Crippen LogP contribution < -0.4 is 5.32 Å². The van der Waals surface area contributed by atoms with Gasteiger partial charge in [-0.25, -0.2) is 8.78 Å². The molecule has 3 heteroatoms. The maximum atomic E-state index is 13.5. The highest BCUT2D eigenvalue weighted by atomic mass is 19.1. The van der Waals surface area contributed by atoms with Crippen LogP contribution in [-0.2, 0) is 0 Å². The maximum absolute atomic E-state index is 13.5. The SMILES string of the molecule is Cc1ccc(NC2CC(c3ccc(F)cc3)C2)cc1F. The van der Waals surface area contributed by atoms with Gasteiger partial charge in [0.25, 0.3) is 0 Å². The highest BCUT2D eigenvalue weighted by Crippen LogP contribution is 2.38. The van der Waals surface area contributed by atoms with E-state index in [1.165, 1.54) is 17.7 Å². The molecule has 1 N–H and O–H groups in total. The quantitative estimate of drug-likeness (QED) is 0.859. The maximum Gasteiger partial charge on any atom is 0.128 e. The van der Waals surface area contributed by atoms with Crippen molar-refractivity contribution in [1.82, 2.24) is 0 Å². The number of rotatable bonds is 3. The molecule has 1 saturated carbocycles. The van der Waals surface area contributed by atoms with E-state index in [4.69, 9.17) is 0 Å². The van der Waals surface area contributed by atoms with E-state index in [-0.39, 0.29) is 11.6 Å². The van der Waals surface area contributed by atoms with Crippen LogP contribution in [0.15, 0.2) is 42.5 Å². The highest BCUT2D eigenvalue weighted by molar-refractivity contribution is 5.47. The zero-order valence-electron chi connectivity index (χ0n) is 11.4. The summed E-state index contributed by atoms with van der Waals surface area (Å²) in [4.78, 5) is 0. The van der Waals surface area contributed by atoms with Crippen LogP contribution in [0.5, 0.6) is 0 Å². The molecule has 1 nitrogen and oxygen atoms in total. The first kappa shape index (κ1) is 13.1. The van der Waals surface area contributed by atoms with Gasteiger partial charge in [0.1, 0.15) is 11.6 Å². The van der Waals surface area contributed by atoms with E-state index in [2.05, 4.69) is 5.32 Å². The Labute approximate surface area is 117 Å². The van der Waals surface area contributed by atoms with Crippen LogP contribution in [-0.4, -0.2) is 6.04 Å². The lowest BCUT2D eigenvalue weighted by Gasteiger charge is -2.37. The minimum Gasteiger partial charge on any atom is -0.382 e. The average Bonchev–Trinajstić information content (AvgIpc) is 2.39. The predicted octanol–water partition coefficient (Wildman–Crippen LogP) is 4.63. The normalized spacial score (nSPS) is 21.4. The van der Waals surface area contributed by atoms with Crippen LogP contribution in [0.25, 0.3) is 0 Å². The zero-order valence-corrected chi connectivity index (χ0v) is 11.4. The van der Waals surface area contributed by atoms with Crippen LogP contribution in [0.2, 0.25) is 0 Å². The molecule has 0 aromatic heterocycles. The first-order valence-electron chi connectivity index (χ1n) is 6.90. The van der Waals surface area contributed by atoms with E-state index in [9.17, 15) is 8.78 Å². The molecule has 1 fully saturated rings. The summed E-state index contributed by atoms with van der Waals surface area (Å²) >= 11 is 0. The summed E-state index contributed by atoms with van der Waals surface area (Å²) in [5.74, 6) is 0.102. The molecule has 0 aliphatic heterocycles. The number of anilines is 1. The molecule has 104 valence electrons. The minimum atomic E-state index is -0.196. The van der Waals surface area contributed by atoms with Crippen molar-refractivity contribution in [2.75, 3.05) is 5.32 Å². The van der Waals surface area contributed by atoms with Gasteiger partial charge in [-0.15, -0.1) is 0 Å². The second kappa shape index (κ2) is 5.23. The van der Waals surface area contributed by atoms with Crippen molar-refractivity contribution in [3.8, 4) is 0 Å². The summed E-state index contributed by atoms with van der Waals surface area (Å²) < 4.78 is 26.3. The van der Waals surface area contributed by atoms with Gasteiger partial charge >= 0.3 is 0 Å². The molecule has 20 heavy (non-hydrogen) atoms. The second-order valence-electron chi connectivity index (χ2n) is 5.53. The third kappa shape index (κ3) is 2.67. The summed E-state index contributed by atoms with van der Waals surface area (Å²) in [5.41, 5.74) is 2.67. The first-order valence-corrected chi connectivity index (χ1v) is 6.90. The lowest BCUT2D eigenvalue weighted by Crippen LogP contribution is -2.34. The fraction of sp³-hybridized carbons (Fsp3) is 0.294. The van der Waals surface area contributed by atoms with Gasteiger partial charge in [0.2, 0.25) is 0 Å². The highest BCUT2D eigenvalue weighted by Gasteiger charge is 2.30. The van der Waals surface area contributed by atoms with Gasteiger partial charge in [0.15, 0.2) is 0 Å². The summed E-state index contributed by atoms with van der Waals surface area (Å²) in [6.07, 6.45) is 2.00. The van der Waals surface area contributed by atoms with E-state index in [0.717, 1.165) is 18.5 Å². The molecule has 0 unspecified atom stereocenters. The summed E-state index contributed by atoms with van der Waals surface area (Å²) in [5, 5.41) is 3.34. The smallest absolute Gasteiger partial charge is 0.128 e. The molecule has 2 aromatic rings. The van der Waals surface area contributed by atoms with E-state index < -0.39 is 0 Å². The van der Waals surface area contributed by atoms with Gasteiger partial charge in [0.05, 0.1) is 0 Å². The first-order chi connectivity index (χ1) is 9.61. The van der Waals surface area contributed by atoms with Gasteiger partial charge in [-0.1, -0.05) is 18.2 Å². The molecule has 0 saturated heterocycles. The lowest BCUT2D eigenvalue weighted by atomic mass is 9.76. The molecule has 0 amide bonds. The molecule has 0 heterocycles. The van der Waals surface area contributed by atoms with Crippen molar-refractivity contribution in [2.24, 2.45) is 0 Å². The number of aryl methyl sites for hydroxylation is 1. The summed E-state index contributed by atoms with van der Waals surface area (Å²) in [7, 11) is 0. The Balaban J connectivity index is 1.58. The third-order valence-corrected chi connectivity index (χ3v) is 4.02. The van der Waals surface area contributed by atoms with Crippen LogP contribution >= 0.6 is 0 Å². The van der Waals surface area contributed by atoms with Gasteiger partial charge in [-0.05, 0) is 61.1 Å². The van der Waals surface area contributed by atoms with Gasteiger partial charge < -0.3 is 5.32 Å². The Morgan fingerprint density at radius 2 is 1.70 bits per heavy atom. The van der Waals surface area contributed by atoms with Crippen molar-refractivity contribution in [1.29, 1.82) is 0 Å². The number of nitrogens with one attached hydrogen (secondary N) is 1. The second-order valence-corrected chi connectivity index (χ2v) is 5.53. The van der Waals surface area contributed by atoms with Crippen LogP contribution in [0.4, 0.5) is 14.5 Å². The number of halogens is 2. The molecule has 0 atom stereocenters. The standard InChI is InChI=1S/C17H17F2N/c1-11-2-7-15(10-17(11)19)20-16-8-13(9-16)12-3-5-14(18)6-4-12/h2-7,10,13,16,20H,8-9H2,1H3. The molecule has 3 rings (SSSR count). The Morgan fingerprint density at radius 1 is 1.00 bits per heavy atom. The number of benzene rings is 2. The molecule has 1 aliphatic rings. The van der Waals surface area contributed by atoms with E-state index in [0.29, 0.717) is 17.5 Å². The molecule has 2 aromatic carbocycles. The van der Waals surface area contributed by atoms with Crippen LogP contribution in [0.3, 0.4) is 0 Å². The monoisotopic (exact) mass is 273 g/mol. The largest absolute Gasteiger partial charge is 0.382 e. The fourth-order valence-electron chi connectivity index (χ4n) is 2.66. The molecule has 0 spiro atoms. The van der Waals surface area contributed by atoms with Crippen LogP contribution in [0.1, 0.15) is 29.9 Å². The van der Waals surface area contributed by atoms with Gasteiger partial charge in [-0.3, -0.25) is 0 Å². The van der Waals surface area contributed by atoms with Crippen molar-refractivity contribution in [3.63, 3.8) is 0 Å². The van der Waals surface area contributed by atoms with E-state index >= 15 is 0 Å². The van der Waals surface area contributed by atoms with Crippen molar-refractivity contribution in [2.45, 2.75) is 31.7 Å². The molecular weight excluding hydrogens is 256 g/mol. The van der Waals surface area contributed by atoms with Crippen molar-refractivity contribution < 1.29 is 8.78 Å². The number of hydrogen-bond donors (Lipinski definition) is 1. The van der Waals surface area contributed by atoms with Gasteiger partial charge in [-0.2, -0.15) is 0 Å². The predicted molar refractivity (Wildman–Crippen MR) is 76.9 cm³/mol. The average molecular weight is 273 g/mol. The Kier molecular flexibility index (Phi) is 3.43. The fourth-order valence-corrected chi connectivity index (χ4v) is 2.66.